The van der Waals surface area contributed by atoms with Crippen molar-refractivity contribution in [3.63, 3.8) is 0 Å². The fourth-order valence-corrected chi connectivity index (χ4v) is 2.12. The Labute approximate surface area is 118 Å². The Balaban J connectivity index is 2.21. The molecule has 0 aliphatic heterocycles. The van der Waals surface area contributed by atoms with Crippen molar-refractivity contribution in [3.05, 3.63) is 42.0 Å². The Morgan fingerprint density at radius 3 is 2.60 bits per heavy atom. The van der Waals surface area contributed by atoms with Gasteiger partial charge in [-0.1, -0.05) is 36.4 Å². The van der Waals surface area contributed by atoms with E-state index in [9.17, 15) is 5.11 Å². The molecule has 20 heavy (non-hydrogen) atoms. The Morgan fingerprint density at radius 2 is 1.85 bits per heavy atom. The zero-order chi connectivity index (χ0) is 14.4. The van der Waals surface area contributed by atoms with E-state index < -0.39 is 6.10 Å². The van der Waals surface area contributed by atoms with E-state index in [1.807, 2.05) is 36.4 Å². The van der Waals surface area contributed by atoms with Crippen molar-refractivity contribution >= 4 is 10.8 Å². The van der Waals surface area contributed by atoms with Crippen LogP contribution < -0.4 is 4.74 Å². The summed E-state index contributed by atoms with van der Waals surface area (Å²) in [5, 5.41) is 20.6. The zero-order valence-corrected chi connectivity index (χ0v) is 11.6. The highest BCUT2D eigenvalue weighted by molar-refractivity contribution is 5.89. The third kappa shape index (κ3) is 3.48. The van der Waals surface area contributed by atoms with E-state index >= 15 is 0 Å². The molecule has 0 saturated carbocycles. The van der Waals surface area contributed by atoms with E-state index in [2.05, 4.69) is 0 Å². The molecule has 108 valence electrons. The summed E-state index contributed by atoms with van der Waals surface area (Å²) >= 11 is 0. The number of fused-ring (bicyclic) bond motifs is 1. The number of benzene rings is 2. The maximum Gasteiger partial charge on any atom is 0.133 e. The third-order valence-corrected chi connectivity index (χ3v) is 3.07. The van der Waals surface area contributed by atoms with Crippen LogP contribution in [-0.4, -0.2) is 36.6 Å². The minimum absolute atomic E-state index is 0.00713. The first kappa shape index (κ1) is 14.8. The molecule has 0 aliphatic carbocycles. The van der Waals surface area contributed by atoms with Gasteiger partial charge in [0.2, 0.25) is 0 Å². The Morgan fingerprint density at radius 1 is 1.05 bits per heavy atom. The van der Waals surface area contributed by atoms with Gasteiger partial charge in [0.05, 0.1) is 25.9 Å². The fourth-order valence-electron chi connectivity index (χ4n) is 2.12. The molecule has 1 unspecified atom stereocenters. The molecule has 4 nitrogen and oxygen atoms in total. The standard InChI is InChI=1S/C16H20O4/c1-12(18)14-7-6-13-4-2-3-5-15(13)16(14)20-11-10-19-9-8-17/h2-7,12,17-18H,8-11H2,1H3. The van der Waals surface area contributed by atoms with E-state index in [1.54, 1.807) is 6.92 Å². The van der Waals surface area contributed by atoms with Gasteiger partial charge in [-0.25, -0.2) is 0 Å². The van der Waals surface area contributed by atoms with Gasteiger partial charge < -0.3 is 19.7 Å². The van der Waals surface area contributed by atoms with E-state index in [0.717, 1.165) is 16.3 Å². The van der Waals surface area contributed by atoms with Crippen molar-refractivity contribution in [1.82, 2.24) is 0 Å². The SMILES string of the molecule is CC(O)c1ccc2ccccc2c1OCCOCCO. The van der Waals surface area contributed by atoms with Crippen LogP contribution in [0, 0.1) is 0 Å². The smallest absolute Gasteiger partial charge is 0.133 e. The lowest BCUT2D eigenvalue weighted by atomic mass is 10.0. The average molecular weight is 276 g/mol. The predicted molar refractivity (Wildman–Crippen MR) is 78.0 cm³/mol. The summed E-state index contributed by atoms with van der Waals surface area (Å²) in [4.78, 5) is 0. The summed E-state index contributed by atoms with van der Waals surface area (Å²) in [5.41, 5.74) is 0.769. The summed E-state index contributed by atoms with van der Waals surface area (Å²) in [6.45, 7) is 2.82. The van der Waals surface area contributed by atoms with Gasteiger partial charge in [-0.05, 0) is 12.3 Å². The molecule has 0 aromatic heterocycles. The van der Waals surface area contributed by atoms with Gasteiger partial charge in [0.25, 0.3) is 0 Å². The number of aliphatic hydroxyl groups is 2. The van der Waals surface area contributed by atoms with Crippen molar-refractivity contribution in [1.29, 1.82) is 0 Å². The molecule has 2 aromatic rings. The maximum absolute atomic E-state index is 9.86. The van der Waals surface area contributed by atoms with Gasteiger partial charge in [0.1, 0.15) is 12.4 Å². The number of ether oxygens (including phenoxy) is 2. The number of rotatable bonds is 7. The molecule has 0 amide bonds. The van der Waals surface area contributed by atoms with Crippen molar-refractivity contribution in [2.24, 2.45) is 0 Å². The van der Waals surface area contributed by atoms with Crippen molar-refractivity contribution in [2.75, 3.05) is 26.4 Å². The molecule has 1 atom stereocenters. The Hall–Kier alpha value is -1.62. The highest BCUT2D eigenvalue weighted by Gasteiger charge is 2.12. The molecule has 2 rings (SSSR count). The summed E-state index contributed by atoms with van der Waals surface area (Å²) in [7, 11) is 0. The van der Waals surface area contributed by atoms with Crippen LogP contribution in [0.3, 0.4) is 0 Å². The molecule has 0 aliphatic rings. The summed E-state index contributed by atoms with van der Waals surface area (Å²) in [6, 6.07) is 11.8. The first-order valence-electron chi connectivity index (χ1n) is 6.75. The van der Waals surface area contributed by atoms with Gasteiger partial charge in [-0.15, -0.1) is 0 Å². The van der Waals surface area contributed by atoms with Gasteiger partial charge in [0.15, 0.2) is 0 Å². The van der Waals surface area contributed by atoms with E-state index in [1.165, 1.54) is 0 Å². The summed E-state index contributed by atoms with van der Waals surface area (Å²) < 4.78 is 11.0. The quantitative estimate of drug-likeness (QED) is 0.762. The lowest BCUT2D eigenvalue weighted by Crippen LogP contribution is -2.10. The van der Waals surface area contributed by atoms with E-state index in [0.29, 0.717) is 25.6 Å². The lowest BCUT2D eigenvalue weighted by Gasteiger charge is -2.16. The second-order valence-corrected chi connectivity index (χ2v) is 4.57. The second-order valence-electron chi connectivity index (χ2n) is 4.57. The van der Waals surface area contributed by atoms with Crippen LogP contribution in [0.15, 0.2) is 36.4 Å². The van der Waals surface area contributed by atoms with Crippen molar-refractivity contribution in [2.45, 2.75) is 13.0 Å². The van der Waals surface area contributed by atoms with E-state index in [-0.39, 0.29) is 6.61 Å². The zero-order valence-electron chi connectivity index (χ0n) is 11.6. The fraction of sp³-hybridized carbons (Fsp3) is 0.375. The normalized spacial score (nSPS) is 12.6. The second kappa shape index (κ2) is 7.24. The minimum Gasteiger partial charge on any atom is -0.490 e. The van der Waals surface area contributed by atoms with Crippen LogP contribution in [0.1, 0.15) is 18.6 Å². The van der Waals surface area contributed by atoms with Gasteiger partial charge in [0, 0.05) is 10.9 Å². The minimum atomic E-state index is -0.590. The number of aliphatic hydroxyl groups excluding tert-OH is 2. The van der Waals surface area contributed by atoms with Crippen LogP contribution in [0.2, 0.25) is 0 Å². The van der Waals surface area contributed by atoms with E-state index in [4.69, 9.17) is 14.6 Å². The first-order valence-corrected chi connectivity index (χ1v) is 6.75. The Bertz CT molecular complexity index is 551. The van der Waals surface area contributed by atoms with Crippen molar-refractivity contribution < 1.29 is 19.7 Å². The molecule has 2 aromatic carbocycles. The molecule has 0 bridgehead atoms. The maximum atomic E-state index is 9.86. The molecule has 4 heteroatoms. The summed E-state index contributed by atoms with van der Waals surface area (Å²) in [6.07, 6.45) is -0.590. The average Bonchev–Trinajstić information content (AvgIpc) is 2.46. The highest BCUT2D eigenvalue weighted by atomic mass is 16.5. The third-order valence-electron chi connectivity index (χ3n) is 3.07. The molecule has 0 radical (unpaired) electrons. The molecule has 0 fully saturated rings. The topological polar surface area (TPSA) is 58.9 Å². The molecule has 0 heterocycles. The largest absolute Gasteiger partial charge is 0.490 e. The van der Waals surface area contributed by atoms with Crippen LogP contribution in [0.4, 0.5) is 0 Å². The molecule has 0 saturated heterocycles. The van der Waals surface area contributed by atoms with Gasteiger partial charge in [-0.3, -0.25) is 0 Å². The monoisotopic (exact) mass is 276 g/mol. The predicted octanol–water partition coefficient (Wildman–Crippen LogP) is 2.28. The molecular formula is C16H20O4. The van der Waals surface area contributed by atoms with Crippen LogP contribution in [-0.2, 0) is 4.74 Å². The number of hydrogen-bond acceptors (Lipinski definition) is 4. The Kier molecular flexibility index (Phi) is 5.35. The number of hydrogen-bond donors (Lipinski definition) is 2. The molecular weight excluding hydrogens is 256 g/mol. The first-order chi connectivity index (χ1) is 9.74. The summed E-state index contributed by atoms with van der Waals surface area (Å²) in [5.74, 6) is 0.700. The highest BCUT2D eigenvalue weighted by Crippen LogP contribution is 2.33. The van der Waals surface area contributed by atoms with Crippen molar-refractivity contribution in [3.8, 4) is 5.75 Å². The molecule has 2 N–H and O–H groups in total. The molecule has 0 spiro atoms. The lowest BCUT2D eigenvalue weighted by molar-refractivity contribution is 0.0699. The van der Waals surface area contributed by atoms with Crippen LogP contribution >= 0.6 is 0 Å². The van der Waals surface area contributed by atoms with Crippen LogP contribution in [0.25, 0.3) is 10.8 Å². The van der Waals surface area contributed by atoms with Gasteiger partial charge in [-0.2, -0.15) is 0 Å². The van der Waals surface area contributed by atoms with Crippen LogP contribution in [0.5, 0.6) is 5.75 Å². The van der Waals surface area contributed by atoms with Gasteiger partial charge >= 0.3 is 0 Å².